The van der Waals surface area contributed by atoms with E-state index in [9.17, 15) is 4.21 Å². The first-order chi connectivity index (χ1) is 9.13. The summed E-state index contributed by atoms with van der Waals surface area (Å²) in [7, 11) is -0.835. The number of rotatable bonds is 5. The van der Waals surface area contributed by atoms with Crippen molar-refractivity contribution in [2.45, 2.75) is 43.7 Å². The predicted molar refractivity (Wildman–Crippen MR) is 82.9 cm³/mol. The fraction of sp³-hybridized carbons (Fsp3) is 0.600. The lowest BCUT2D eigenvalue weighted by Crippen LogP contribution is -2.35. The molecule has 106 valence electrons. The first-order valence-electron chi connectivity index (χ1n) is 6.97. The van der Waals surface area contributed by atoms with Crippen molar-refractivity contribution < 1.29 is 4.21 Å². The quantitative estimate of drug-likeness (QED) is 0.903. The van der Waals surface area contributed by atoms with Gasteiger partial charge in [-0.3, -0.25) is 4.21 Å². The van der Waals surface area contributed by atoms with Gasteiger partial charge >= 0.3 is 0 Å². The molecule has 0 bridgehead atoms. The zero-order valence-electron chi connectivity index (χ0n) is 11.6. The Balaban J connectivity index is 2.00. The van der Waals surface area contributed by atoms with Gasteiger partial charge in [-0.25, -0.2) is 0 Å². The summed E-state index contributed by atoms with van der Waals surface area (Å²) in [5, 5.41) is 4.51. The molecule has 2 rings (SSSR count). The van der Waals surface area contributed by atoms with Crippen LogP contribution in [0.3, 0.4) is 0 Å². The first kappa shape index (κ1) is 15.0. The van der Waals surface area contributed by atoms with E-state index in [0.717, 1.165) is 30.0 Å². The molecule has 4 heteroatoms. The van der Waals surface area contributed by atoms with Crippen LogP contribution in [0.25, 0.3) is 0 Å². The Hall–Kier alpha value is -0.380. The average molecular weight is 300 g/mol. The molecular formula is C15H22ClNOS. The van der Waals surface area contributed by atoms with Crippen molar-refractivity contribution in [1.82, 2.24) is 5.32 Å². The van der Waals surface area contributed by atoms with Crippen LogP contribution in [-0.2, 0) is 16.6 Å². The molecule has 2 nitrogen and oxygen atoms in total. The summed E-state index contributed by atoms with van der Waals surface area (Å²) >= 11 is 6.14. The van der Waals surface area contributed by atoms with Gasteiger partial charge in [0.25, 0.3) is 0 Å². The third-order valence-electron chi connectivity index (χ3n) is 4.04. The zero-order chi connectivity index (χ0) is 13.8. The Morgan fingerprint density at radius 2 is 2.11 bits per heavy atom. The molecule has 4 atom stereocenters. The molecule has 0 aromatic heterocycles. The van der Waals surface area contributed by atoms with E-state index in [4.69, 9.17) is 11.6 Å². The maximum atomic E-state index is 12.6. The predicted octanol–water partition coefficient (Wildman–Crippen LogP) is 3.37. The van der Waals surface area contributed by atoms with Crippen molar-refractivity contribution in [3.05, 3.63) is 34.9 Å². The van der Waals surface area contributed by atoms with Crippen LogP contribution in [0.1, 0.15) is 32.3 Å². The molecule has 1 aliphatic carbocycles. The van der Waals surface area contributed by atoms with Crippen LogP contribution in [0.15, 0.2) is 24.3 Å². The highest BCUT2D eigenvalue weighted by Crippen LogP contribution is 2.31. The maximum absolute atomic E-state index is 12.6. The molecule has 1 aromatic rings. The van der Waals surface area contributed by atoms with E-state index < -0.39 is 10.8 Å². The van der Waals surface area contributed by atoms with Crippen LogP contribution in [0.2, 0.25) is 5.02 Å². The van der Waals surface area contributed by atoms with Crippen LogP contribution in [0, 0.1) is 5.92 Å². The molecule has 0 amide bonds. The van der Waals surface area contributed by atoms with Crippen LogP contribution in [0.5, 0.6) is 0 Å². The van der Waals surface area contributed by atoms with Crippen molar-refractivity contribution >= 4 is 22.4 Å². The van der Waals surface area contributed by atoms with Crippen molar-refractivity contribution in [3.8, 4) is 0 Å². The Morgan fingerprint density at radius 1 is 1.37 bits per heavy atom. The lowest BCUT2D eigenvalue weighted by atomic mass is 10.1. The molecule has 1 N–H and O–H groups in total. The van der Waals surface area contributed by atoms with Crippen molar-refractivity contribution in [3.63, 3.8) is 0 Å². The Morgan fingerprint density at radius 3 is 2.79 bits per heavy atom. The number of halogens is 1. The van der Waals surface area contributed by atoms with Crippen LogP contribution in [-0.4, -0.2) is 22.0 Å². The molecule has 0 radical (unpaired) electrons. The molecule has 0 aliphatic heterocycles. The van der Waals surface area contributed by atoms with Gasteiger partial charge in [0, 0.05) is 27.1 Å². The zero-order valence-corrected chi connectivity index (χ0v) is 13.1. The molecule has 4 unspecified atom stereocenters. The average Bonchev–Trinajstić information content (AvgIpc) is 2.75. The summed E-state index contributed by atoms with van der Waals surface area (Å²) in [5.74, 6) is 1.05. The van der Waals surface area contributed by atoms with E-state index in [0.29, 0.717) is 23.0 Å². The number of hydrogen-bond donors (Lipinski definition) is 1. The fourth-order valence-corrected chi connectivity index (χ4v) is 5.05. The van der Waals surface area contributed by atoms with Gasteiger partial charge in [0.2, 0.25) is 0 Å². The van der Waals surface area contributed by atoms with E-state index >= 15 is 0 Å². The van der Waals surface area contributed by atoms with Gasteiger partial charge in [-0.15, -0.1) is 0 Å². The van der Waals surface area contributed by atoms with Gasteiger partial charge in [-0.05, 0) is 36.9 Å². The highest BCUT2D eigenvalue weighted by molar-refractivity contribution is 7.84. The van der Waals surface area contributed by atoms with E-state index in [-0.39, 0.29) is 0 Å². The second kappa shape index (κ2) is 6.87. The summed E-state index contributed by atoms with van der Waals surface area (Å²) in [6.45, 7) is 5.33. The van der Waals surface area contributed by atoms with E-state index in [1.165, 1.54) is 0 Å². The topological polar surface area (TPSA) is 29.1 Å². The Kier molecular flexibility index (Phi) is 5.43. The molecule has 1 fully saturated rings. The van der Waals surface area contributed by atoms with Gasteiger partial charge in [-0.1, -0.05) is 43.6 Å². The molecule has 1 saturated carbocycles. The maximum Gasteiger partial charge on any atom is 0.0503 e. The van der Waals surface area contributed by atoms with E-state index in [1.807, 2.05) is 24.3 Å². The van der Waals surface area contributed by atoms with E-state index in [2.05, 4.69) is 19.2 Å². The fourth-order valence-electron chi connectivity index (χ4n) is 2.93. The molecule has 0 saturated heterocycles. The lowest BCUT2D eigenvalue weighted by Gasteiger charge is -2.21. The van der Waals surface area contributed by atoms with Crippen molar-refractivity contribution in [2.24, 2.45) is 5.92 Å². The third-order valence-corrected chi connectivity index (χ3v) is 6.35. The second-order valence-corrected chi connectivity index (χ2v) is 7.32. The summed E-state index contributed by atoms with van der Waals surface area (Å²) in [5.41, 5.74) is 1.00. The second-order valence-electron chi connectivity index (χ2n) is 5.26. The van der Waals surface area contributed by atoms with Crippen LogP contribution < -0.4 is 5.32 Å². The third kappa shape index (κ3) is 3.59. The summed E-state index contributed by atoms with van der Waals surface area (Å²) in [6, 6.07) is 8.23. The molecule has 0 spiro atoms. The van der Waals surface area contributed by atoms with Gasteiger partial charge in [0.1, 0.15) is 0 Å². The Labute approximate surface area is 123 Å². The van der Waals surface area contributed by atoms with Gasteiger partial charge in [0.15, 0.2) is 0 Å². The summed E-state index contributed by atoms with van der Waals surface area (Å²) in [6.07, 6.45) is 2.18. The minimum absolute atomic E-state index is 0.292. The number of nitrogens with one attached hydrogen (secondary N) is 1. The van der Waals surface area contributed by atoms with E-state index in [1.54, 1.807) is 0 Å². The smallest absolute Gasteiger partial charge is 0.0503 e. The highest BCUT2D eigenvalue weighted by Gasteiger charge is 2.35. The molecule has 1 aliphatic rings. The summed E-state index contributed by atoms with van der Waals surface area (Å²) < 4.78 is 12.6. The highest BCUT2D eigenvalue weighted by atomic mass is 35.5. The van der Waals surface area contributed by atoms with Gasteiger partial charge in [0.05, 0.1) is 5.75 Å². The Bertz CT molecular complexity index is 452. The minimum atomic E-state index is -0.835. The van der Waals surface area contributed by atoms with Crippen molar-refractivity contribution in [1.29, 1.82) is 0 Å². The standard InChI is InChI=1S/C15H22ClNOS/c1-3-17-14-8-9-15(11(14)2)19(18)10-12-6-4-5-7-13(12)16/h4-7,11,14-15,17H,3,8-10H2,1-2H3. The summed E-state index contributed by atoms with van der Waals surface area (Å²) in [4.78, 5) is 0. The van der Waals surface area contributed by atoms with Gasteiger partial charge < -0.3 is 5.32 Å². The number of hydrogen-bond acceptors (Lipinski definition) is 2. The number of benzene rings is 1. The molecule has 19 heavy (non-hydrogen) atoms. The minimum Gasteiger partial charge on any atom is -0.314 e. The molecule has 1 aromatic carbocycles. The van der Waals surface area contributed by atoms with Crippen LogP contribution >= 0.6 is 11.6 Å². The van der Waals surface area contributed by atoms with Crippen LogP contribution in [0.4, 0.5) is 0 Å². The molecule has 0 heterocycles. The normalized spacial score (nSPS) is 28.5. The lowest BCUT2D eigenvalue weighted by molar-refractivity contribution is 0.438. The molecular weight excluding hydrogens is 278 g/mol. The SMILES string of the molecule is CCNC1CCC(S(=O)Cc2ccccc2Cl)C1C. The van der Waals surface area contributed by atoms with Crippen molar-refractivity contribution in [2.75, 3.05) is 6.54 Å². The van der Waals surface area contributed by atoms with Gasteiger partial charge in [-0.2, -0.15) is 0 Å². The largest absolute Gasteiger partial charge is 0.314 e. The first-order valence-corrected chi connectivity index (χ1v) is 8.73. The monoisotopic (exact) mass is 299 g/mol.